The van der Waals surface area contributed by atoms with Crippen LogP contribution in [0.3, 0.4) is 0 Å². The maximum atomic E-state index is 5.71. The minimum atomic E-state index is -0.0548. The van der Waals surface area contributed by atoms with Crippen LogP contribution in [0.2, 0.25) is 0 Å². The van der Waals surface area contributed by atoms with Crippen molar-refractivity contribution >= 4 is 5.82 Å². The lowest BCUT2D eigenvalue weighted by Gasteiger charge is -2.35. The molecule has 0 saturated carbocycles. The monoisotopic (exact) mass is 193 g/mol. The van der Waals surface area contributed by atoms with Crippen molar-refractivity contribution in [3.8, 4) is 0 Å². The molecule has 0 spiro atoms. The van der Waals surface area contributed by atoms with Crippen LogP contribution < -0.4 is 10.6 Å². The summed E-state index contributed by atoms with van der Waals surface area (Å²) in [5.41, 5.74) is 6.88. The average Bonchev–Trinajstić information content (AvgIpc) is 2.16. The lowest BCUT2D eigenvalue weighted by atomic mass is 10.0. The van der Waals surface area contributed by atoms with Crippen molar-refractivity contribution in [1.82, 2.24) is 4.98 Å². The third-order valence-corrected chi connectivity index (χ3v) is 2.65. The Bertz CT molecular complexity index is 307. The second-order valence-electron chi connectivity index (χ2n) is 4.27. The summed E-state index contributed by atoms with van der Waals surface area (Å²) in [5.74, 6) is 0.973. The summed E-state index contributed by atoms with van der Waals surface area (Å²) in [6.07, 6.45) is 1.83. The highest BCUT2D eigenvalue weighted by molar-refractivity contribution is 5.42. The summed E-state index contributed by atoms with van der Waals surface area (Å²) in [4.78, 5) is 6.44. The molecule has 0 aliphatic heterocycles. The molecule has 14 heavy (non-hydrogen) atoms. The lowest BCUT2D eigenvalue weighted by molar-refractivity contribution is 0.494. The van der Waals surface area contributed by atoms with Gasteiger partial charge in [-0.05, 0) is 38.5 Å². The van der Waals surface area contributed by atoms with E-state index < -0.39 is 0 Å². The van der Waals surface area contributed by atoms with Crippen molar-refractivity contribution in [2.45, 2.75) is 26.3 Å². The SMILES string of the molecule is Cc1ccnc(N(C)C(C)(C)CN)c1. The van der Waals surface area contributed by atoms with Gasteiger partial charge >= 0.3 is 0 Å². The first-order valence-electron chi connectivity index (χ1n) is 4.84. The molecule has 1 heterocycles. The number of rotatable bonds is 3. The molecule has 3 nitrogen and oxygen atoms in total. The first kappa shape index (κ1) is 11.0. The molecule has 2 N–H and O–H groups in total. The van der Waals surface area contributed by atoms with Crippen LogP contribution in [0.1, 0.15) is 19.4 Å². The highest BCUT2D eigenvalue weighted by Gasteiger charge is 2.22. The Kier molecular flexibility index (Phi) is 3.11. The van der Waals surface area contributed by atoms with E-state index in [0.29, 0.717) is 6.54 Å². The lowest BCUT2D eigenvalue weighted by Crippen LogP contribution is -2.47. The van der Waals surface area contributed by atoms with Crippen LogP contribution >= 0.6 is 0 Å². The first-order chi connectivity index (χ1) is 6.47. The van der Waals surface area contributed by atoms with Gasteiger partial charge in [-0.25, -0.2) is 4.98 Å². The van der Waals surface area contributed by atoms with E-state index in [2.05, 4.69) is 36.7 Å². The van der Waals surface area contributed by atoms with Crippen LogP contribution in [0.15, 0.2) is 18.3 Å². The van der Waals surface area contributed by atoms with E-state index in [1.54, 1.807) is 0 Å². The van der Waals surface area contributed by atoms with Gasteiger partial charge in [0.2, 0.25) is 0 Å². The summed E-state index contributed by atoms with van der Waals surface area (Å²) in [7, 11) is 2.02. The maximum absolute atomic E-state index is 5.71. The van der Waals surface area contributed by atoms with E-state index in [4.69, 9.17) is 5.73 Å². The van der Waals surface area contributed by atoms with Crippen molar-refractivity contribution in [2.75, 3.05) is 18.5 Å². The Morgan fingerprint density at radius 3 is 2.64 bits per heavy atom. The van der Waals surface area contributed by atoms with Gasteiger partial charge in [0.1, 0.15) is 5.82 Å². The van der Waals surface area contributed by atoms with Crippen molar-refractivity contribution < 1.29 is 0 Å². The Hall–Kier alpha value is -1.09. The van der Waals surface area contributed by atoms with Crippen LogP contribution in [0, 0.1) is 6.92 Å². The summed E-state index contributed by atoms with van der Waals surface area (Å²) >= 11 is 0. The smallest absolute Gasteiger partial charge is 0.128 e. The molecular formula is C11H19N3. The highest BCUT2D eigenvalue weighted by Crippen LogP contribution is 2.19. The first-order valence-corrected chi connectivity index (χ1v) is 4.84. The van der Waals surface area contributed by atoms with Gasteiger partial charge in [0.15, 0.2) is 0 Å². The highest BCUT2D eigenvalue weighted by atomic mass is 15.2. The van der Waals surface area contributed by atoms with Gasteiger partial charge in [-0.2, -0.15) is 0 Å². The van der Waals surface area contributed by atoms with Crippen LogP contribution in [-0.2, 0) is 0 Å². The molecule has 0 atom stereocenters. The molecule has 0 aliphatic carbocycles. The van der Waals surface area contributed by atoms with E-state index in [-0.39, 0.29) is 5.54 Å². The van der Waals surface area contributed by atoms with Gasteiger partial charge in [-0.1, -0.05) is 0 Å². The van der Waals surface area contributed by atoms with Crippen LogP contribution in [0.25, 0.3) is 0 Å². The quantitative estimate of drug-likeness (QED) is 0.792. The van der Waals surface area contributed by atoms with Crippen LogP contribution in [-0.4, -0.2) is 24.1 Å². The predicted molar refractivity (Wildman–Crippen MR) is 60.5 cm³/mol. The zero-order chi connectivity index (χ0) is 10.8. The molecule has 0 fully saturated rings. The Labute approximate surface area is 85.9 Å². The predicted octanol–water partition coefficient (Wildman–Crippen LogP) is 1.56. The number of hydrogen-bond donors (Lipinski definition) is 1. The molecule has 0 radical (unpaired) electrons. The number of pyridine rings is 1. The molecular weight excluding hydrogens is 174 g/mol. The standard InChI is InChI=1S/C11H19N3/c1-9-5-6-13-10(7-9)14(4)11(2,3)8-12/h5-7H,8,12H2,1-4H3. The van der Waals surface area contributed by atoms with Crippen molar-refractivity contribution in [2.24, 2.45) is 5.73 Å². The Morgan fingerprint density at radius 2 is 2.14 bits per heavy atom. The fraction of sp³-hybridized carbons (Fsp3) is 0.545. The van der Waals surface area contributed by atoms with E-state index in [0.717, 1.165) is 5.82 Å². The molecule has 0 aliphatic rings. The average molecular weight is 193 g/mol. The fourth-order valence-electron chi connectivity index (χ4n) is 1.15. The molecule has 1 aromatic rings. The fourth-order valence-corrected chi connectivity index (χ4v) is 1.15. The van der Waals surface area contributed by atoms with E-state index in [9.17, 15) is 0 Å². The van der Waals surface area contributed by atoms with Gasteiger partial charge in [0.05, 0.1) is 0 Å². The van der Waals surface area contributed by atoms with E-state index >= 15 is 0 Å². The molecule has 3 heteroatoms. The largest absolute Gasteiger partial charge is 0.353 e. The Balaban J connectivity index is 2.94. The molecule has 0 amide bonds. The Morgan fingerprint density at radius 1 is 1.50 bits per heavy atom. The number of hydrogen-bond acceptors (Lipinski definition) is 3. The van der Waals surface area contributed by atoms with Crippen LogP contribution in [0.5, 0.6) is 0 Å². The van der Waals surface area contributed by atoms with E-state index in [1.165, 1.54) is 5.56 Å². The van der Waals surface area contributed by atoms with Crippen molar-refractivity contribution in [3.05, 3.63) is 23.9 Å². The normalized spacial score (nSPS) is 11.5. The number of likely N-dealkylation sites (N-methyl/N-ethyl adjacent to an activating group) is 1. The van der Waals surface area contributed by atoms with Crippen molar-refractivity contribution in [3.63, 3.8) is 0 Å². The number of nitrogens with zero attached hydrogens (tertiary/aromatic N) is 2. The molecule has 0 saturated heterocycles. The minimum absolute atomic E-state index is 0.0548. The summed E-state index contributed by atoms with van der Waals surface area (Å²) in [6, 6.07) is 4.06. The van der Waals surface area contributed by atoms with Crippen LogP contribution in [0.4, 0.5) is 5.82 Å². The van der Waals surface area contributed by atoms with Gasteiger partial charge in [-0.15, -0.1) is 0 Å². The zero-order valence-corrected chi connectivity index (χ0v) is 9.41. The molecule has 0 aromatic carbocycles. The van der Waals surface area contributed by atoms with E-state index in [1.807, 2.05) is 19.3 Å². The second-order valence-corrected chi connectivity index (χ2v) is 4.27. The second kappa shape index (κ2) is 3.96. The van der Waals surface area contributed by atoms with Gasteiger partial charge in [-0.3, -0.25) is 0 Å². The summed E-state index contributed by atoms with van der Waals surface area (Å²) < 4.78 is 0. The number of anilines is 1. The summed E-state index contributed by atoms with van der Waals surface area (Å²) in [6.45, 7) is 6.89. The molecule has 78 valence electrons. The third kappa shape index (κ3) is 2.23. The topological polar surface area (TPSA) is 42.2 Å². The number of aryl methyl sites for hydroxylation is 1. The maximum Gasteiger partial charge on any atom is 0.128 e. The molecule has 1 aromatic heterocycles. The van der Waals surface area contributed by atoms with Gasteiger partial charge in [0, 0.05) is 25.3 Å². The molecule has 1 rings (SSSR count). The summed E-state index contributed by atoms with van der Waals surface area (Å²) in [5, 5.41) is 0. The van der Waals surface area contributed by atoms with Crippen molar-refractivity contribution in [1.29, 1.82) is 0 Å². The zero-order valence-electron chi connectivity index (χ0n) is 9.41. The third-order valence-electron chi connectivity index (χ3n) is 2.65. The minimum Gasteiger partial charge on any atom is -0.353 e. The van der Waals surface area contributed by atoms with Gasteiger partial charge in [0.25, 0.3) is 0 Å². The van der Waals surface area contributed by atoms with Gasteiger partial charge < -0.3 is 10.6 Å². The molecule has 0 bridgehead atoms. The number of aromatic nitrogens is 1. The number of nitrogens with two attached hydrogens (primary N) is 1. The molecule has 0 unspecified atom stereocenters.